The smallest absolute Gasteiger partial charge is 0.258 e. The van der Waals surface area contributed by atoms with Crippen LogP contribution in [0.25, 0.3) is 10.9 Å². The number of amides is 1. The Morgan fingerprint density at radius 2 is 1.82 bits per heavy atom. The van der Waals surface area contributed by atoms with Crippen molar-refractivity contribution in [2.75, 3.05) is 31.1 Å². The van der Waals surface area contributed by atoms with Crippen molar-refractivity contribution >= 4 is 22.6 Å². The van der Waals surface area contributed by atoms with Gasteiger partial charge >= 0.3 is 0 Å². The number of carbonyl (C=O) groups excluding carboxylic acids is 1. The third-order valence-electron chi connectivity index (χ3n) is 7.60. The van der Waals surface area contributed by atoms with E-state index in [1.54, 1.807) is 24.4 Å². The van der Waals surface area contributed by atoms with E-state index in [1.165, 1.54) is 0 Å². The Morgan fingerprint density at radius 3 is 2.54 bits per heavy atom. The van der Waals surface area contributed by atoms with Crippen molar-refractivity contribution in [3.05, 3.63) is 94.2 Å². The minimum atomic E-state index is -0.236. The lowest BCUT2D eigenvalue weighted by atomic mass is 10.0. The van der Waals surface area contributed by atoms with Crippen molar-refractivity contribution in [1.29, 1.82) is 5.26 Å². The lowest BCUT2D eigenvalue weighted by molar-refractivity contribution is -0.130. The molecule has 2 atom stereocenters. The maximum atomic E-state index is 13.1. The van der Waals surface area contributed by atoms with Crippen LogP contribution < -0.4 is 15.2 Å². The minimum Gasteiger partial charge on any atom is -0.487 e. The van der Waals surface area contributed by atoms with Gasteiger partial charge in [-0.15, -0.1) is 0 Å². The van der Waals surface area contributed by atoms with E-state index in [9.17, 15) is 9.59 Å². The molecule has 0 spiro atoms. The van der Waals surface area contributed by atoms with E-state index in [-0.39, 0.29) is 17.9 Å². The number of ether oxygens (including phenoxy) is 1. The van der Waals surface area contributed by atoms with Crippen molar-refractivity contribution in [2.24, 2.45) is 11.8 Å². The van der Waals surface area contributed by atoms with Crippen LogP contribution in [0.4, 0.5) is 5.82 Å². The average Bonchev–Trinajstić information content (AvgIpc) is 3.56. The molecule has 2 aliphatic heterocycles. The van der Waals surface area contributed by atoms with Crippen molar-refractivity contribution in [2.45, 2.75) is 19.4 Å². The molecule has 0 radical (unpaired) electrons. The molecule has 1 amide bonds. The quantitative estimate of drug-likeness (QED) is 0.398. The number of rotatable bonds is 7. The van der Waals surface area contributed by atoms with Crippen molar-refractivity contribution in [1.82, 2.24) is 19.9 Å². The fourth-order valence-electron chi connectivity index (χ4n) is 5.56. The average molecular weight is 521 g/mol. The molecule has 2 aliphatic rings. The summed E-state index contributed by atoms with van der Waals surface area (Å²) in [5.74, 6) is 2.77. The Kier molecular flexibility index (Phi) is 6.68. The van der Waals surface area contributed by atoms with Gasteiger partial charge < -0.3 is 19.5 Å². The van der Waals surface area contributed by atoms with Gasteiger partial charge in [0.15, 0.2) is 0 Å². The van der Waals surface area contributed by atoms with Crippen molar-refractivity contribution in [3.63, 3.8) is 0 Å². The van der Waals surface area contributed by atoms with Crippen LogP contribution in [0.1, 0.15) is 23.4 Å². The normalized spacial score (nSPS) is 18.2. The second-order valence-corrected chi connectivity index (χ2v) is 10.2. The number of aromatic nitrogens is 3. The standard InChI is InChI=1S/C30H28N6O3/c31-13-21-9-11-27(32-14-21)35-15-22-17-36(18-23(22)16-35)28(37)12-10-26-33-29-24(30(38)34-26)7-4-8-25(29)39-19-20-5-2-1-3-6-20/h1-9,11,14,22-23H,10,12,15-19H2,(H,33,34,38)/t22-,23+. The maximum absolute atomic E-state index is 13.1. The summed E-state index contributed by atoms with van der Waals surface area (Å²) >= 11 is 0. The first-order valence-electron chi connectivity index (χ1n) is 13.1. The van der Waals surface area contributed by atoms with Gasteiger partial charge in [-0.05, 0) is 29.8 Å². The zero-order valence-corrected chi connectivity index (χ0v) is 21.4. The first-order chi connectivity index (χ1) is 19.1. The number of benzene rings is 2. The largest absolute Gasteiger partial charge is 0.487 e. The molecular weight excluding hydrogens is 492 g/mol. The van der Waals surface area contributed by atoms with Gasteiger partial charge in [0, 0.05) is 57.1 Å². The number of H-pyrrole nitrogens is 1. The highest BCUT2D eigenvalue weighted by molar-refractivity contribution is 5.83. The summed E-state index contributed by atoms with van der Waals surface area (Å²) in [7, 11) is 0. The summed E-state index contributed by atoms with van der Waals surface area (Å²) in [5.41, 5.74) is 1.84. The van der Waals surface area contributed by atoms with E-state index < -0.39 is 0 Å². The van der Waals surface area contributed by atoms with Crippen LogP contribution in [0.3, 0.4) is 0 Å². The fraction of sp³-hybridized carbons (Fsp3) is 0.300. The molecule has 6 rings (SSSR count). The van der Waals surface area contributed by atoms with Gasteiger partial charge in [-0.25, -0.2) is 9.97 Å². The topological polar surface area (TPSA) is 115 Å². The van der Waals surface area contributed by atoms with Gasteiger partial charge in [0.1, 0.15) is 35.6 Å². The number of anilines is 1. The summed E-state index contributed by atoms with van der Waals surface area (Å²) in [6.07, 6.45) is 2.23. The van der Waals surface area contributed by atoms with Crippen LogP contribution in [0.2, 0.25) is 0 Å². The highest BCUT2D eigenvalue weighted by Crippen LogP contribution is 2.33. The molecule has 39 heavy (non-hydrogen) atoms. The van der Waals surface area contributed by atoms with E-state index >= 15 is 0 Å². The number of likely N-dealkylation sites (tertiary alicyclic amines) is 1. The monoisotopic (exact) mass is 520 g/mol. The molecule has 196 valence electrons. The van der Waals surface area contributed by atoms with Gasteiger partial charge in [-0.2, -0.15) is 5.26 Å². The predicted molar refractivity (Wildman–Crippen MR) is 146 cm³/mol. The Hall–Kier alpha value is -4.71. The molecule has 1 N–H and O–H groups in total. The predicted octanol–water partition coefficient (Wildman–Crippen LogP) is 3.30. The number of pyridine rings is 1. The van der Waals surface area contributed by atoms with Crippen LogP contribution >= 0.6 is 0 Å². The van der Waals surface area contributed by atoms with Crippen molar-refractivity contribution < 1.29 is 9.53 Å². The molecule has 0 unspecified atom stereocenters. The van der Waals surface area contributed by atoms with E-state index in [4.69, 9.17) is 10.00 Å². The highest BCUT2D eigenvalue weighted by atomic mass is 16.5. The summed E-state index contributed by atoms with van der Waals surface area (Å²) in [6, 6.07) is 20.9. The number of para-hydroxylation sites is 1. The highest BCUT2D eigenvalue weighted by Gasteiger charge is 2.41. The fourth-order valence-corrected chi connectivity index (χ4v) is 5.56. The van der Waals surface area contributed by atoms with E-state index in [0.29, 0.717) is 52.9 Å². The Morgan fingerprint density at radius 1 is 1.03 bits per heavy atom. The second-order valence-electron chi connectivity index (χ2n) is 10.2. The van der Waals surface area contributed by atoms with E-state index in [2.05, 4.69) is 25.9 Å². The molecule has 9 heteroatoms. The Bertz CT molecular complexity index is 1580. The number of nitrogens with one attached hydrogen (secondary N) is 1. The third kappa shape index (κ3) is 5.18. The van der Waals surface area contributed by atoms with Crippen molar-refractivity contribution in [3.8, 4) is 11.8 Å². The minimum absolute atomic E-state index is 0.0730. The lowest BCUT2D eigenvalue weighted by Gasteiger charge is -2.22. The first-order valence-corrected chi connectivity index (χ1v) is 13.1. The summed E-state index contributed by atoms with van der Waals surface area (Å²) < 4.78 is 6.00. The summed E-state index contributed by atoms with van der Waals surface area (Å²) in [6.45, 7) is 3.50. The summed E-state index contributed by atoms with van der Waals surface area (Å²) in [5, 5.41) is 9.45. The zero-order chi connectivity index (χ0) is 26.8. The Balaban J connectivity index is 1.08. The number of nitriles is 1. The summed E-state index contributed by atoms with van der Waals surface area (Å²) in [4.78, 5) is 41.9. The molecule has 2 aromatic heterocycles. The first kappa shape index (κ1) is 24.6. The third-order valence-corrected chi connectivity index (χ3v) is 7.60. The number of hydrogen-bond acceptors (Lipinski definition) is 7. The molecule has 0 aliphatic carbocycles. The number of aryl methyl sites for hydroxylation is 1. The number of aromatic amines is 1. The lowest BCUT2D eigenvalue weighted by Crippen LogP contribution is -2.33. The molecule has 0 bridgehead atoms. The number of hydrogen-bond donors (Lipinski definition) is 1. The van der Waals surface area contributed by atoms with Gasteiger partial charge in [0.05, 0.1) is 10.9 Å². The number of carbonyl (C=O) groups is 1. The molecule has 4 aromatic rings. The zero-order valence-electron chi connectivity index (χ0n) is 21.4. The van der Waals surface area contributed by atoms with Crippen LogP contribution in [-0.4, -0.2) is 51.9 Å². The molecule has 0 saturated carbocycles. The van der Waals surface area contributed by atoms with Gasteiger partial charge in [0.2, 0.25) is 5.91 Å². The number of nitrogens with zero attached hydrogens (tertiary/aromatic N) is 5. The van der Waals surface area contributed by atoms with Gasteiger partial charge in [-0.3, -0.25) is 9.59 Å². The van der Waals surface area contributed by atoms with Gasteiger partial charge in [-0.1, -0.05) is 36.4 Å². The Labute approximate surface area is 225 Å². The second kappa shape index (κ2) is 10.6. The maximum Gasteiger partial charge on any atom is 0.258 e. The van der Waals surface area contributed by atoms with Crippen LogP contribution in [0.15, 0.2) is 71.7 Å². The molecule has 9 nitrogen and oxygen atoms in total. The number of fused-ring (bicyclic) bond motifs is 2. The van der Waals surface area contributed by atoms with E-state index in [0.717, 1.165) is 37.6 Å². The van der Waals surface area contributed by atoms with E-state index in [1.807, 2.05) is 47.4 Å². The van der Waals surface area contributed by atoms with Crippen LogP contribution in [0, 0.1) is 23.2 Å². The molecule has 2 aromatic carbocycles. The molecule has 2 fully saturated rings. The molecule has 2 saturated heterocycles. The van der Waals surface area contributed by atoms with Crippen LogP contribution in [-0.2, 0) is 17.8 Å². The SMILES string of the molecule is N#Cc1ccc(N2C[C@H]3CN(C(=O)CCc4nc5c(OCc6ccccc6)cccc5c(=O)[nH]4)C[C@H]3C2)nc1. The van der Waals surface area contributed by atoms with Gasteiger partial charge in [0.25, 0.3) is 5.56 Å². The molecular formula is C30H28N6O3. The van der Waals surface area contributed by atoms with Crippen LogP contribution in [0.5, 0.6) is 5.75 Å². The molecule has 4 heterocycles.